The molecule has 5 nitrogen and oxygen atoms in total. The highest BCUT2D eigenvalue weighted by molar-refractivity contribution is 5.98. The molecule has 1 atom stereocenters. The summed E-state index contributed by atoms with van der Waals surface area (Å²) in [4.78, 5) is 23.8. The molecule has 0 spiro atoms. The Morgan fingerprint density at radius 2 is 2.00 bits per heavy atom. The summed E-state index contributed by atoms with van der Waals surface area (Å²) in [5, 5.41) is 6.22. The first-order valence-electron chi connectivity index (χ1n) is 7.36. The Kier molecular flexibility index (Phi) is 7.91. The second-order valence-corrected chi connectivity index (χ2v) is 5.26. The van der Waals surface area contributed by atoms with Crippen LogP contribution in [-0.4, -0.2) is 37.9 Å². The molecule has 6 heteroatoms. The van der Waals surface area contributed by atoms with Crippen molar-refractivity contribution in [2.24, 2.45) is 0 Å². The maximum absolute atomic E-state index is 12.0. The van der Waals surface area contributed by atoms with Gasteiger partial charge in [0.1, 0.15) is 5.75 Å². The van der Waals surface area contributed by atoms with Gasteiger partial charge in [-0.3, -0.25) is 9.59 Å². The number of ether oxygens (including phenoxy) is 1. The van der Waals surface area contributed by atoms with Gasteiger partial charge in [0, 0.05) is 31.0 Å². The van der Waals surface area contributed by atoms with Gasteiger partial charge in [-0.05, 0) is 43.7 Å². The van der Waals surface area contributed by atoms with E-state index in [9.17, 15) is 9.59 Å². The van der Waals surface area contributed by atoms with Gasteiger partial charge >= 0.3 is 0 Å². The highest BCUT2D eigenvalue weighted by Crippen LogP contribution is 2.13. The van der Waals surface area contributed by atoms with Crippen molar-refractivity contribution >= 4 is 24.1 Å². The molecule has 1 heterocycles. The number of carbonyl (C=O) groups is 2. The summed E-state index contributed by atoms with van der Waals surface area (Å²) in [6.07, 6.45) is 2.56. The minimum atomic E-state index is -0.0504. The van der Waals surface area contributed by atoms with Crippen LogP contribution in [0, 0.1) is 0 Å². The Morgan fingerprint density at radius 1 is 1.27 bits per heavy atom. The van der Waals surface area contributed by atoms with Crippen molar-refractivity contribution in [3.05, 3.63) is 29.8 Å². The third kappa shape index (κ3) is 5.66. The Labute approximate surface area is 137 Å². The maximum atomic E-state index is 12.0. The van der Waals surface area contributed by atoms with Crippen LogP contribution in [0.2, 0.25) is 0 Å². The number of piperidine rings is 1. The summed E-state index contributed by atoms with van der Waals surface area (Å²) in [5.74, 6) is 0.647. The van der Waals surface area contributed by atoms with E-state index in [4.69, 9.17) is 4.74 Å². The molecular formula is C16H23ClN2O3. The lowest BCUT2D eigenvalue weighted by Gasteiger charge is -2.23. The molecule has 1 aromatic rings. The Balaban J connectivity index is 0.00000242. The highest BCUT2D eigenvalue weighted by Gasteiger charge is 2.16. The minimum Gasteiger partial charge on any atom is -0.497 e. The number of carbonyl (C=O) groups excluding carboxylic acids is 2. The number of hydrogen-bond acceptors (Lipinski definition) is 4. The third-order valence-corrected chi connectivity index (χ3v) is 3.65. The smallest absolute Gasteiger partial charge is 0.220 e. The second-order valence-electron chi connectivity index (χ2n) is 5.26. The Hall–Kier alpha value is -1.59. The molecule has 1 aliphatic heterocycles. The Morgan fingerprint density at radius 3 is 2.59 bits per heavy atom. The summed E-state index contributed by atoms with van der Waals surface area (Å²) in [6, 6.07) is 7.15. The van der Waals surface area contributed by atoms with Crippen molar-refractivity contribution in [3.8, 4) is 5.75 Å². The van der Waals surface area contributed by atoms with E-state index >= 15 is 0 Å². The summed E-state index contributed by atoms with van der Waals surface area (Å²) in [6.45, 7) is 1.83. The van der Waals surface area contributed by atoms with Gasteiger partial charge in [0.2, 0.25) is 5.91 Å². The first-order chi connectivity index (χ1) is 10.2. The Bertz CT molecular complexity index is 485. The fraction of sp³-hybridized carbons (Fsp3) is 0.500. The van der Waals surface area contributed by atoms with E-state index in [0.29, 0.717) is 11.3 Å². The topological polar surface area (TPSA) is 67.4 Å². The van der Waals surface area contributed by atoms with Gasteiger partial charge in [0.25, 0.3) is 0 Å². The van der Waals surface area contributed by atoms with Gasteiger partial charge in [-0.1, -0.05) is 0 Å². The number of ketones is 1. The van der Waals surface area contributed by atoms with Crippen molar-refractivity contribution in [2.45, 2.75) is 31.7 Å². The van der Waals surface area contributed by atoms with E-state index < -0.39 is 0 Å². The normalized spacial score (nSPS) is 17.2. The van der Waals surface area contributed by atoms with Gasteiger partial charge in [0.05, 0.1) is 7.11 Å². The molecule has 1 amide bonds. The first-order valence-corrected chi connectivity index (χ1v) is 7.36. The average Bonchev–Trinajstić information content (AvgIpc) is 2.53. The second kappa shape index (κ2) is 9.43. The van der Waals surface area contributed by atoms with E-state index in [1.807, 2.05) is 0 Å². The molecule has 0 saturated carbocycles. The third-order valence-electron chi connectivity index (χ3n) is 3.65. The van der Waals surface area contributed by atoms with Gasteiger partial charge in [0.15, 0.2) is 5.78 Å². The molecule has 0 radical (unpaired) electrons. The van der Waals surface area contributed by atoms with Crippen molar-refractivity contribution in [2.75, 3.05) is 20.2 Å². The number of amides is 1. The van der Waals surface area contributed by atoms with Gasteiger partial charge in [-0.15, -0.1) is 12.4 Å². The van der Waals surface area contributed by atoms with E-state index in [2.05, 4.69) is 10.6 Å². The van der Waals surface area contributed by atoms with E-state index in [0.717, 1.165) is 25.9 Å². The van der Waals surface area contributed by atoms with Gasteiger partial charge in [-0.25, -0.2) is 0 Å². The molecule has 122 valence electrons. The molecule has 22 heavy (non-hydrogen) atoms. The largest absolute Gasteiger partial charge is 0.497 e. The zero-order valence-electron chi connectivity index (χ0n) is 12.8. The molecule has 0 aliphatic carbocycles. The summed E-state index contributed by atoms with van der Waals surface area (Å²) < 4.78 is 5.05. The van der Waals surface area contributed by atoms with Crippen LogP contribution < -0.4 is 15.4 Å². The van der Waals surface area contributed by atoms with Crippen LogP contribution >= 0.6 is 12.4 Å². The lowest BCUT2D eigenvalue weighted by molar-refractivity contribution is -0.121. The minimum absolute atomic E-state index is 0. The van der Waals surface area contributed by atoms with Gasteiger partial charge < -0.3 is 15.4 Å². The summed E-state index contributed by atoms with van der Waals surface area (Å²) >= 11 is 0. The molecule has 2 rings (SSSR count). The molecular weight excluding hydrogens is 304 g/mol. The predicted molar refractivity (Wildman–Crippen MR) is 87.8 cm³/mol. The van der Waals surface area contributed by atoms with Crippen molar-refractivity contribution < 1.29 is 14.3 Å². The van der Waals surface area contributed by atoms with E-state index in [1.165, 1.54) is 0 Å². The molecule has 0 unspecified atom stereocenters. The van der Waals surface area contributed by atoms with Crippen LogP contribution in [0.1, 0.15) is 36.0 Å². The molecule has 1 aliphatic rings. The predicted octanol–water partition coefficient (Wildman–Crippen LogP) is 1.95. The quantitative estimate of drug-likeness (QED) is 0.784. The van der Waals surface area contributed by atoms with Crippen LogP contribution in [0.25, 0.3) is 0 Å². The van der Waals surface area contributed by atoms with Gasteiger partial charge in [-0.2, -0.15) is 0 Å². The fourth-order valence-corrected chi connectivity index (χ4v) is 2.42. The van der Waals surface area contributed by atoms with Crippen LogP contribution in [0.15, 0.2) is 24.3 Å². The summed E-state index contributed by atoms with van der Waals surface area (Å²) in [5.41, 5.74) is 0.614. The number of hydrogen-bond donors (Lipinski definition) is 2. The van der Waals surface area contributed by atoms with E-state index in [1.54, 1.807) is 31.4 Å². The van der Waals surface area contributed by atoms with E-state index in [-0.39, 0.29) is 43.0 Å². The number of methoxy groups -OCH3 is 1. The van der Waals surface area contributed by atoms with Crippen LogP contribution in [-0.2, 0) is 4.79 Å². The monoisotopic (exact) mass is 326 g/mol. The highest BCUT2D eigenvalue weighted by atomic mass is 35.5. The van der Waals surface area contributed by atoms with Crippen molar-refractivity contribution in [1.82, 2.24) is 10.6 Å². The van der Waals surface area contributed by atoms with Crippen LogP contribution in [0.3, 0.4) is 0 Å². The number of halogens is 1. The fourth-order valence-electron chi connectivity index (χ4n) is 2.42. The maximum Gasteiger partial charge on any atom is 0.220 e. The lowest BCUT2D eigenvalue weighted by Crippen LogP contribution is -2.45. The zero-order valence-corrected chi connectivity index (χ0v) is 13.6. The van der Waals surface area contributed by atoms with Crippen LogP contribution in [0.5, 0.6) is 5.75 Å². The van der Waals surface area contributed by atoms with Crippen molar-refractivity contribution in [3.63, 3.8) is 0 Å². The standard InChI is InChI=1S/C16H22N2O3.ClH/c1-21-14-6-4-12(5-7-14)15(19)8-9-16(20)18-13-3-2-10-17-11-13;/h4-7,13,17H,2-3,8-11H2,1H3,(H,18,20);1H/t13-;/m0./s1. The molecule has 1 saturated heterocycles. The number of benzene rings is 1. The summed E-state index contributed by atoms with van der Waals surface area (Å²) in [7, 11) is 1.58. The molecule has 0 aromatic heterocycles. The molecule has 0 bridgehead atoms. The molecule has 2 N–H and O–H groups in total. The number of nitrogens with one attached hydrogen (secondary N) is 2. The SMILES string of the molecule is COc1ccc(C(=O)CCC(=O)N[C@H]2CCCNC2)cc1.Cl. The average molecular weight is 327 g/mol. The van der Waals surface area contributed by atoms with Crippen LogP contribution in [0.4, 0.5) is 0 Å². The first kappa shape index (κ1) is 18.5. The number of Topliss-reactive ketones (excluding diaryl/α,β-unsaturated/α-hetero) is 1. The molecule has 1 aromatic carbocycles. The van der Waals surface area contributed by atoms with Crippen molar-refractivity contribution in [1.29, 1.82) is 0 Å². The molecule has 1 fully saturated rings. The zero-order chi connectivity index (χ0) is 15.1. The number of rotatable bonds is 6. The lowest BCUT2D eigenvalue weighted by atomic mass is 10.0.